The first-order valence-electron chi connectivity index (χ1n) is 8.18. The Labute approximate surface area is 169 Å². The van der Waals surface area contributed by atoms with Gasteiger partial charge >= 0.3 is 0 Å². The number of benzene rings is 2. The van der Waals surface area contributed by atoms with Crippen LogP contribution in [0.2, 0.25) is 10.0 Å². The van der Waals surface area contributed by atoms with E-state index >= 15 is 0 Å². The van der Waals surface area contributed by atoms with Crippen LogP contribution < -0.4 is 14.8 Å². The number of nitrogens with zero attached hydrogens (tertiary/aromatic N) is 1. The highest BCUT2D eigenvalue weighted by atomic mass is 35.5. The molecule has 1 aliphatic rings. The van der Waals surface area contributed by atoms with Crippen LogP contribution >= 0.6 is 34.5 Å². The van der Waals surface area contributed by atoms with Crippen LogP contribution in [0.15, 0.2) is 42.6 Å². The molecule has 2 aromatic carbocycles. The Morgan fingerprint density at radius 3 is 2.78 bits per heavy atom. The molecule has 0 saturated heterocycles. The lowest BCUT2D eigenvalue weighted by Crippen LogP contribution is -2.17. The highest BCUT2D eigenvalue weighted by Gasteiger charge is 2.16. The lowest BCUT2D eigenvalue weighted by Gasteiger charge is -2.18. The van der Waals surface area contributed by atoms with Gasteiger partial charge in [-0.25, -0.2) is 4.98 Å². The first-order chi connectivity index (χ1) is 13.1. The van der Waals surface area contributed by atoms with E-state index in [-0.39, 0.29) is 5.91 Å². The summed E-state index contributed by atoms with van der Waals surface area (Å²) in [7, 11) is 0. The largest absolute Gasteiger partial charge is 0.486 e. The first-order valence-corrected chi connectivity index (χ1v) is 9.75. The van der Waals surface area contributed by atoms with Crippen LogP contribution in [-0.4, -0.2) is 24.1 Å². The average molecular weight is 421 g/mol. The van der Waals surface area contributed by atoms with Gasteiger partial charge in [0.1, 0.15) is 13.2 Å². The van der Waals surface area contributed by atoms with Crippen molar-refractivity contribution in [3.05, 3.63) is 68.6 Å². The summed E-state index contributed by atoms with van der Waals surface area (Å²) in [4.78, 5) is 17.7. The summed E-state index contributed by atoms with van der Waals surface area (Å²) in [5.74, 6) is 0.964. The molecule has 0 aliphatic carbocycles. The molecule has 0 saturated carbocycles. The van der Waals surface area contributed by atoms with Crippen molar-refractivity contribution in [3.8, 4) is 11.5 Å². The van der Waals surface area contributed by atoms with Crippen molar-refractivity contribution in [1.82, 2.24) is 4.98 Å². The van der Waals surface area contributed by atoms with Crippen molar-refractivity contribution in [2.24, 2.45) is 0 Å². The van der Waals surface area contributed by atoms with E-state index < -0.39 is 0 Å². The molecule has 1 amide bonds. The fraction of sp³-hybridized carbons (Fsp3) is 0.158. The topological polar surface area (TPSA) is 60.5 Å². The summed E-state index contributed by atoms with van der Waals surface area (Å²) < 4.78 is 11.0. The number of anilines is 1. The average Bonchev–Trinajstić information content (AvgIpc) is 3.11. The Hall–Kier alpha value is -2.28. The van der Waals surface area contributed by atoms with Crippen molar-refractivity contribution in [2.75, 3.05) is 18.5 Å². The molecule has 1 aromatic heterocycles. The molecular formula is C19H14Cl2N2O3S. The van der Waals surface area contributed by atoms with Gasteiger partial charge in [0.25, 0.3) is 5.91 Å². The molecule has 0 spiro atoms. The van der Waals surface area contributed by atoms with Crippen LogP contribution in [0.5, 0.6) is 11.5 Å². The normalized spacial score (nSPS) is 12.7. The fourth-order valence-corrected chi connectivity index (χ4v) is 3.88. The number of rotatable bonds is 4. The van der Waals surface area contributed by atoms with E-state index in [9.17, 15) is 4.79 Å². The molecule has 0 atom stereocenters. The molecule has 2 heterocycles. The number of carbonyl (C=O) groups is 1. The highest BCUT2D eigenvalue weighted by molar-refractivity contribution is 7.15. The van der Waals surface area contributed by atoms with Gasteiger partial charge in [0.2, 0.25) is 0 Å². The maximum absolute atomic E-state index is 12.5. The van der Waals surface area contributed by atoms with E-state index in [2.05, 4.69) is 10.3 Å². The molecule has 5 nitrogen and oxygen atoms in total. The van der Waals surface area contributed by atoms with Crippen LogP contribution in [-0.2, 0) is 6.42 Å². The summed E-state index contributed by atoms with van der Waals surface area (Å²) in [6.45, 7) is 0.983. The summed E-state index contributed by atoms with van der Waals surface area (Å²) in [6.07, 6.45) is 2.32. The Morgan fingerprint density at radius 1 is 1.11 bits per heavy atom. The Balaban J connectivity index is 1.46. The third kappa shape index (κ3) is 4.18. The Kier molecular flexibility index (Phi) is 5.20. The van der Waals surface area contributed by atoms with Crippen molar-refractivity contribution in [1.29, 1.82) is 0 Å². The van der Waals surface area contributed by atoms with Gasteiger partial charge in [-0.15, -0.1) is 11.3 Å². The summed E-state index contributed by atoms with van der Waals surface area (Å²) in [5, 5.41) is 4.61. The fourth-order valence-electron chi connectivity index (χ4n) is 2.67. The summed E-state index contributed by atoms with van der Waals surface area (Å²) in [5.41, 5.74) is 1.39. The summed E-state index contributed by atoms with van der Waals surface area (Å²) >= 11 is 13.6. The lowest BCUT2D eigenvalue weighted by atomic mass is 10.1. The van der Waals surface area contributed by atoms with Crippen LogP contribution in [0.25, 0.3) is 0 Å². The van der Waals surface area contributed by atoms with Gasteiger partial charge in [0.05, 0.1) is 0 Å². The van der Waals surface area contributed by atoms with Gasteiger partial charge in [-0.05, 0) is 42.0 Å². The third-order valence-corrected chi connectivity index (χ3v) is 5.47. The molecule has 0 bridgehead atoms. The molecule has 0 unspecified atom stereocenters. The van der Waals surface area contributed by atoms with Crippen molar-refractivity contribution >= 4 is 45.6 Å². The molecule has 27 heavy (non-hydrogen) atoms. The second-order valence-electron chi connectivity index (χ2n) is 5.86. The Morgan fingerprint density at radius 2 is 1.93 bits per heavy atom. The zero-order valence-electron chi connectivity index (χ0n) is 14.0. The molecule has 8 heteroatoms. The molecule has 3 aromatic rings. The van der Waals surface area contributed by atoms with Crippen LogP contribution in [0.4, 0.5) is 5.13 Å². The number of halogens is 2. The minimum atomic E-state index is -0.256. The van der Waals surface area contributed by atoms with E-state index in [0.717, 1.165) is 10.4 Å². The zero-order chi connectivity index (χ0) is 18.8. The predicted octanol–water partition coefficient (Wildman–Crippen LogP) is 5.06. The molecule has 1 aliphatic heterocycles. The third-order valence-electron chi connectivity index (χ3n) is 3.95. The standard InChI is InChI=1S/C19H14Cl2N2O3S/c20-13-2-3-15(21)12(7-13)8-14-10-22-19(27-14)23-18(24)11-1-4-16-17(9-11)26-6-5-25-16/h1-4,7,9-10H,5-6,8H2,(H,22,23,24). The van der Waals surface area contributed by atoms with Crippen LogP contribution in [0, 0.1) is 0 Å². The number of fused-ring (bicyclic) bond motifs is 1. The molecule has 4 rings (SSSR count). The van der Waals surface area contributed by atoms with E-state index in [1.165, 1.54) is 11.3 Å². The number of hydrogen-bond donors (Lipinski definition) is 1. The van der Waals surface area contributed by atoms with Crippen LogP contribution in [0.3, 0.4) is 0 Å². The van der Waals surface area contributed by atoms with Crippen LogP contribution in [0.1, 0.15) is 20.8 Å². The van der Waals surface area contributed by atoms with Gasteiger partial charge in [0.15, 0.2) is 16.6 Å². The number of hydrogen-bond acceptors (Lipinski definition) is 5. The van der Waals surface area contributed by atoms with E-state index in [1.807, 2.05) is 6.07 Å². The maximum Gasteiger partial charge on any atom is 0.257 e. The highest BCUT2D eigenvalue weighted by Crippen LogP contribution is 2.31. The van der Waals surface area contributed by atoms with E-state index in [0.29, 0.717) is 51.9 Å². The minimum absolute atomic E-state index is 0.256. The molecule has 138 valence electrons. The quantitative estimate of drug-likeness (QED) is 0.640. The second-order valence-corrected chi connectivity index (χ2v) is 7.82. The number of ether oxygens (including phenoxy) is 2. The molecule has 0 radical (unpaired) electrons. The Bertz CT molecular complexity index is 1010. The van der Waals surface area contributed by atoms with Crippen molar-refractivity contribution in [3.63, 3.8) is 0 Å². The van der Waals surface area contributed by atoms with Gasteiger partial charge in [-0.2, -0.15) is 0 Å². The number of aromatic nitrogens is 1. The monoisotopic (exact) mass is 420 g/mol. The van der Waals surface area contributed by atoms with Gasteiger partial charge < -0.3 is 9.47 Å². The molecular weight excluding hydrogens is 407 g/mol. The number of thiazole rings is 1. The molecule has 0 fully saturated rings. The van der Waals surface area contributed by atoms with Crippen molar-refractivity contribution < 1.29 is 14.3 Å². The van der Waals surface area contributed by atoms with Crippen molar-refractivity contribution in [2.45, 2.75) is 6.42 Å². The number of amides is 1. The van der Waals surface area contributed by atoms with E-state index in [4.69, 9.17) is 32.7 Å². The predicted molar refractivity (Wildman–Crippen MR) is 107 cm³/mol. The number of carbonyl (C=O) groups excluding carboxylic acids is 1. The maximum atomic E-state index is 12.5. The minimum Gasteiger partial charge on any atom is -0.486 e. The second kappa shape index (κ2) is 7.76. The van der Waals surface area contributed by atoms with Gasteiger partial charge in [0, 0.05) is 33.1 Å². The van der Waals surface area contributed by atoms with Gasteiger partial charge in [-0.1, -0.05) is 23.2 Å². The SMILES string of the molecule is O=C(Nc1ncc(Cc2cc(Cl)ccc2Cl)s1)c1ccc2c(c1)OCCO2. The van der Waals surface area contributed by atoms with E-state index in [1.54, 1.807) is 36.5 Å². The smallest absolute Gasteiger partial charge is 0.257 e. The summed E-state index contributed by atoms with van der Waals surface area (Å²) in [6, 6.07) is 10.5. The molecule has 1 N–H and O–H groups in total. The number of nitrogens with one attached hydrogen (secondary N) is 1. The first kappa shape index (κ1) is 18.1. The zero-order valence-corrected chi connectivity index (χ0v) is 16.3. The van der Waals surface area contributed by atoms with Gasteiger partial charge in [-0.3, -0.25) is 10.1 Å². The lowest BCUT2D eigenvalue weighted by molar-refractivity contribution is 0.102.